The molecule has 0 heterocycles. The Bertz CT molecular complexity index is 272. The van der Waals surface area contributed by atoms with Gasteiger partial charge in [-0.1, -0.05) is 13.3 Å². The van der Waals surface area contributed by atoms with Gasteiger partial charge in [-0.2, -0.15) is 0 Å². The van der Waals surface area contributed by atoms with Crippen molar-refractivity contribution in [3.05, 3.63) is 0 Å². The molecule has 0 bridgehead atoms. The molecule has 0 saturated carbocycles. The number of carbonyl (C=O) groups is 2. The normalized spacial score (nSPS) is 12.2. The van der Waals surface area contributed by atoms with Gasteiger partial charge in [0.2, 0.25) is 0 Å². The number of urea groups is 1. The van der Waals surface area contributed by atoms with E-state index in [0.717, 1.165) is 6.54 Å². The van der Waals surface area contributed by atoms with Crippen LogP contribution in [0.25, 0.3) is 0 Å². The molecule has 0 aromatic rings. The Balaban J connectivity index is 3.65. The van der Waals surface area contributed by atoms with Crippen molar-refractivity contribution in [2.24, 2.45) is 0 Å². The summed E-state index contributed by atoms with van der Waals surface area (Å²) >= 11 is 0. The first-order chi connectivity index (χ1) is 8.97. The van der Waals surface area contributed by atoms with Gasteiger partial charge in [-0.15, -0.1) is 0 Å². The molecule has 0 rings (SSSR count). The molecule has 2 amide bonds. The Morgan fingerprint density at radius 2 is 2.00 bits per heavy atom. The van der Waals surface area contributed by atoms with Gasteiger partial charge in [0.1, 0.15) is 6.04 Å². The van der Waals surface area contributed by atoms with Crippen LogP contribution in [0.5, 0.6) is 0 Å². The predicted molar refractivity (Wildman–Crippen MR) is 72.2 cm³/mol. The SMILES string of the molecule is CCCC(NC(=O)NCCOCCN(C)C)C(=O)O. The van der Waals surface area contributed by atoms with Gasteiger partial charge in [-0.25, -0.2) is 9.59 Å². The number of amides is 2. The molecule has 19 heavy (non-hydrogen) atoms. The number of aliphatic carboxylic acids is 1. The van der Waals surface area contributed by atoms with Crippen LogP contribution in [0.1, 0.15) is 19.8 Å². The standard InChI is InChI=1S/C12H25N3O4/c1-4-5-10(11(16)17)14-12(18)13-6-8-19-9-7-15(2)3/h10H,4-9H2,1-3H3,(H,16,17)(H2,13,14,18). The second-order valence-electron chi connectivity index (χ2n) is 4.50. The summed E-state index contributed by atoms with van der Waals surface area (Å²) in [5.41, 5.74) is 0. The predicted octanol–water partition coefficient (Wildman–Crippen LogP) is 0.117. The molecule has 112 valence electrons. The average molecular weight is 275 g/mol. The van der Waals surface area contributed by atoms with Crippen LogP contribution in [0.15, 0.2) is 0 Å². The van der Waals surface area contributed by atoms with Gasteiger partial charge in [-0.3, -0.25) is 0 Å². The molecule has 0 aromatic heterocycles. The first-order valence-corrected chi connectivity index (χ1v) is 6.47. The van der Waals surface area contributed by atoms with Gasteiger partial charge in [-0.05, 0) is 20.5 Å². The maximum atomic E-state index is 11.4. The number of likely N-dealkylation sites (N-methyl/N-ethyl adjacent to an activating group) is 1. The molecule has 1 unspecified atom stereocenters. The Labute approximate surface area is 114 Å². The Hall–Kier alpha value is -1.34. The summed E-state index contributed by atoms with van der Waals surface area (Å²) in [6.45, 7) is 4.06. The number of rotatable bonds is 10. The fourth-order valence-electron chi connectivity index (χ4n) is 1.34. The maximum absolute atomic E-state index is 11.4. The highest BCUT2D eigenvalue weighted by Gasteiger charge is 2.18. The second-order valence-corrected chi connectivity index (χ2v) is 4.50. The van der Waals surface area contributed by atoms with Gasteiger partial charge in [0.05, 0.1) is 13.2 Å². The molecule has 0 spiro atoms. The largest absolute Gasteiger partial charge is 0.480 e. The van der Waals surface area contributed by atoms with Gasteiger partial charge < -0.3 is 25.4 Å². The maximum Gasteiger partial charge on any atom is 0.326 e. The van der Waals surface area contributed by atoms with E-state index in [4.69, 9.17) is 9.84 Å². The van der Waals surface area contributed by atoms with Crippen molar-refractivity contribution in [3.8, 4) is 0 Å². The first-order valence-electron chi connectivity index (χ1n) is 6.47. The number of carbonyl (C=O) groups excluding carboxylic acids is 1. The zero-order valence-corrected chi connectivity index (χ0v) is 11.9. The first kappa shape index (κ1) is 17.7. The van der Waals surface area contributed by atoms with Crippen LogP contribution < -0.4 is 10.6 Å². The van der Waals surface area contributed by atoms with Crippen LogP contribution in [0.3, 0.4) is 0 Å². The summed E-state index contributed by atoms with van der Waals surface area (Å²) in [4.78, 5) is 24.3. The van der Waals surface area contributed by atoms with E-state index in [-0.39, 0.29) is 0 Å². The summed E-state index contributed by atoms with van der Waals surface area (Å²) in [5.74, 6) is -1.01. The van der Waals surface area contributed by atoms with Crippen LogP contribution >= 0.6 is 0 Å². The van der Waals surface area contributed by atoms with E-state index in [9.17, 15) is 9.59 Å². The van der Waals surface area contributed by atoms with Crippen LogP contribution in [-0.4, -0.2) is 68.4 Å². The van der Waals surface area contributed by atoms with Crippen molar-refractivity contribution in [1.82, 2.24) is 15.5 Å². The van der Waals surface area contributed by atoms with E-state index in [1.165, 1.54) is 0 Å². The fraction of sp³-hybridized carbons (Fsp3) is 0.833. The van der Waals surface area contributed by atoms with Crippen LogP contribution in [0.4, 0.5) is 4.79 Å². The van der Waals surface area contributed by atoms with Crippen LogP contribution in [0.2, 0.25) is 0 Å². The molecule has 0 radical (unpaired) electrons. The number of ether oxygens (including phenoxy) is 1. The smallest absolute Gasteiger partial charge is 0.326 e. The van der Waals surface area contributed by atoms with Crippen LogP contribution in [0, 0.1) is 0 Å². The third kappa shape index (κ3) is 10.3. The van der Waals surface area contributed by atoms with Crippen molar-refractivity contribution in [1.29, 1.82) is 0 Å². The minimum absolute atomic E-state index is 0.359. The highest BCUT2D eigenvalue weighted by Crippen LogP contribution is 1.96. The molecule has 1 atom stereocenters. The highest BCUT2D eigenvalue weighted by molar-refractivity contribution is 5.82. The molecular formula is C12H25N3O4. The van der Waals surface area contributed by atoms with Gasteiger partial charge in [0.25, 0.3) is 0 Å². The van der Waals surface area contributed by atoms with Crippen molar-refractivity contribution in [2.45, 2.75) is 25.8 Å². The summed E-state index contributed by atoms with van der Waals surface area (Å²) < 4.78 is 5.29. The van der Waals surface area contributed by atoms with Gasteiger partial charge >= 0.3 is 12.0 Å². The minimum Gasteiger partial charge on any atom is -0.480 e. The van der Waals surface area contributed by atoms with Crippen molar-refractivity contribution in [3.63, 3.8) is 0 Å². The molecule has 0 saturated heterocycles. The lowest BCUT2D eigenvalue weighted by Gasteiger charge is -2.14. The van der Waals surface area contributed by atoms with E-state index in [2.05, 4.69) is 10.6 Å². The minimum atomic E-state index is -1.01. The molecule has 7 nitrogen and oxygen atoms in total. The number of hydrogen-bond donors (Lipinski definition) is 3. The fourth-order valence-corrected chi connectivity index (χ4v) is 1.34. The highest BCUT2D eigenvalue weighted by atomic mass is 16.5. The average Bonchev–Trinajstić information content (AvgIpc) is 2.32. The summed E-state index contributed by atoms with van der Waals surface area (Å²) in [6.07, 6.45) is 1.12. The molecular weight excluding hydrogens is 250 g/mol. The van der Waals surface area contributed by atoms with E-state index < -0.39 is 18.0 Å². The lowest BCUT2D eigenvalue weighted by atomic mass is 10.2. The second kappa shape index (κ2) is 10.6. The zero-order chi connectivity index (χ0) is 14.7. The number of nitrogens with zero attached hydrogens (tertiary/aromatic N) is 1. The summed E-state index contributed by atoms with van der Waals surface area (Å²) in [5, 5.41) is 13.9. The number of carboxylic acids is 1. The lowest BCUT2D eigenvalue weighted by Crippen LogP contribution is -2.46. The van der Waals surface area contributed by atoms with E-state index in [1.807, 2.05) is 25.9 Å². The van der Waals surface area contributed by atoms with E-state index >= 15 is 0 Å². The quantitative estimate of drug-likeness (QED) is 0.493. The lowest BCUT2D eigenvalue weighted by molar-refractivity contribution is -0.139. The topological polar surface area (TPSA) is 90.9 Å². The number of hydrogen-bond acceptors (Lipinski definition) is 4. The molecule has 7 heteroatoms. The number of carboxylic acid groups (broad SMARTS) is 1. The summed E-state index contributed by atoms with van der Waals surface area (Å²) in [6, 6.07) is -1.31. The molecule has 3 N–H and O–H groups in total. The van der Waals surface area contributed by atoms with Gasteiger partial charge in [0.15, 0.2) is 0 Å². The Morgan fingerprint density at radius 1 is 1.32 bits per heavy atom. The Kier molecular flexibility index (Phi) is 9.82. The third-order valence-electron chi connectivity index (χ3n) is 2.40. The van der Waals surface area contributed by atoms with Crippen LogP contribution in [-0.2, 0) is 9.53 Å². The van der Waals surface area contributed by atoms with Crippen molar-refractivity contribution >= 4 is 12.0 Å². The monoisotopic (exact) mass is 275 g/mol. The van der Waals surface area contributed by atoms with Gasteiger partial charge in [0, 0.05) is 13.1 Å². The molecule has 0 aliphatic rings. The molecule has 0 fully saturated rings. The third-order valence-corrected chi connectivity index (χ3v) is 2.40. The zero-order valence-electron chi connectivity index (χ0n) is 11.9. The molecule has 0 aliphatic carbocycles. The molecule has 0 aromatic carbocycles. The van der Waals surface area contributed by atoms with E-state index in [1.54, 1.807) is 0 Å². The van der Waals surface area contributed by atoms with E-state index in [0.29, 0.717) is 32.6 Å². The summed E-state index contributed by atoms with van der Waals surface area (Å²) in [7, 11) is 3.91. The van der Waals surface area contributed by atoms with Crippen molar-refractivity contribution < 1.29 is 19.4 Å². The molecule has 0 aliphatic heterocycles. The number of nitrogens with one attached hydrogen (secondary N) is 2. The Morgan fingerprint density at radius 3 is 2.53 bits per heavy atom. The van der Waals surface area contributed by atoms with Crippen molar-refractivity contribution in [2.75, 3.05) is 40.4 Å².